The minimum atomic E-state index is -4.73. The highest BCUT2D eigenvalue weighted by atomic mass is 31.2. The highest BCUT2D eigenvalue weighted by Crippen LogP contribution is 2.37. The molecule has 2 aromatic carbocycles. The van der Waals surface area contributed by atoms with Gasteiger partial charge in [0, 0.05) is 32.9 Å². The fraction of sp³-hybridized carbons (Fsp3) is 0.448. The molecule has 2 aromatic rings. The molecule has 0 heterocycles. The molecule has 0 bridgehead atoms. The van der Waals surface area contributed by atoms with Crippen molar-refractivity contribution in [3.05, 3.63) is 65.7 Å². The summed E-state index contributed by atoms with van der Waals surface area (Å²) in [5.41, 5.74) is 1.70. The Hall–Kier alpha value is -3.73. The van der Waals surface area contributed by atoms with Gasteiger partial charge in [-0.2, -0.15) is 0 Å². The number of carboxylic acid groups (broad SMARTS) is 1. The van der Waals surface area contributed by atoms with Crippen LogP contribution in [0.3, 0.4) is 0 Å². The van der Waals surface area contributed by atoms with Crippen molar-refractivity contribution in [2.24, 2.45) is 0 Å². The van der Waals surface area contributed by atoms with Gasteiger partial charge in [-0.25, -0.2) is 4.57 Å². The van der Waals surface area contributed by atoms with Crippen LogP contribution in [0.1, 0.15) is 57.1 Å². The number of carbonyl (C=O) groups is 4. The quantitative estimate of drug-likeness (QED) is 0.160. The van der Waals surface area contributed by atoms with Gasteiger partial charge in [-0.1, -0.05) is 55.8 Å². The monoisotopic (exact) mass is 605 g/mol. The lowest BCUT2D eigenvalue weighted by atomic mass is 10.0. The maximum absolute atomic E-state index is 13.6. The number of benzene rings is 2. The van der Waals surface area contributed by atoms with Gasteiger partial charge in [0.1, 0.15) is 17.8 Å². The molecule has 0 saturated carbocycles. The second kappa shape index (κ2) is 17.3. The van der Waals surface area contributed by atoms with Crippen LogP contribution in [0.15, 0.2) is 54.6 Å². The molecular weight excluding hydrogens is 565 g/mol. The maximum atomic E-state index is 13.6. The molecule has 0 fully saturated rings. The summed E-state index contributed by atoms with van der Waals surface area (Å²) < 4.78 is 15.6. The molecule has 5 N–H and O–H groups in total. The Labute approximate surface area is 245 Å². The molecule has 0 aromatic heterocycles. The molecule has 0 radical (unpaired) electrons. The number of aryl methyl sites for hydroxylation is 1. The summed E-state index contributed by atoms with van der Waals surface area (Å²) in [4.78, 5) is 69.5. The van der Waals surface area contributed by atoms with Crippen molar-refractivity contribution in [2.75, 3.05) is 13.1 Å². The molecule has 0 aliphatic rings. The first-order valence-corrected chi connectivity index (χ1v) is 15.4. The SMILES string of the molecule is CCCC(NC(=O)[C@H](Cc1ccc(OP(=O)(O)O)cc1)NC(C)=O)C(=O)N(CCCC(=O)O)CCCc1ccccc1. The molecule has 3 amide bonds. The van der Waals surface area contributed by atoms with E-state index in [9.17, 15) is 23.7 Å². The third kappa shape index (κ3) is 13.3. The second-order valence-corrected chi connectivity index (χ2v) is 11.1. The van der Waals surface area contributed by atoms with E-state index in [0.29, 0.717) is 31.4 Å². The number of hydrogen-bond donors (Lipinski definition) is 5. The van der Waals surface area contributed by atoms with Crippen LogP contribution in [0.25, 0.3) is 0 Å². The van der Waals surface area contributed by atoms with Gasteiger partial charge in [0.05, 0.1) is 0 Å². The zero-order valence-electron chi connectivity index (χ0n) is 23.9. The molecule has 1 unspecified atom stereocenters. The van der Waals surface area contributed by atoms with E-state index in [4.69, 9.17) is 14.9 Å². The van der Waals surface area contributed by atoms with E-state index >= 15 is 0 Å². The highest BCUT2D eigenvalue weighted by molar-refractivity contribution is 7.46. The first-order chi connectivity index (χ1) is 19.9. The summed E-state index contributed by atoms with van der Waals surface area (Å²) in [7, 11) is -4.73. The smallest absolute Gasteiger partial charge is 0.481 e. The van der Waals surface area contributed by atoms with E-state index in [1.807, 2.05) is 37.3 Å². The number of amides is 3. The van der Waals surface area contributed by atoms with E-state index in [-0.39, 0.29) is 37.5 Å². The fourth-order valence-electron chi connectivity index (χ4n) is 4.42. The molecule has 2 atom stereocenters. The molecule has 2 rings (SSSR count). The molecule has 0 aliphatic heterocycles. The van der Waals surface area contributed by atoms with Crippen molar-refractivity contribution in [1.82, 2.24) is 15.5 Å². The molecule has 12 nitrogen and oxygen atoms in total. The van der Waals surface area contributed by atoms with Gasteiger partial charge in [-0.05, 0) is 48.9 Å². The van der Waals surface area contributed by atoms with Gasteiger partial charge in [-0.3, -0.25) is 29.0 Å². The van der Waals surface area contributed by atoms with Gasteiger partial charge in [-0.15, -0.1) is 0 Å². The van der Waals surface area contributed by atoms with Crippen molar-refractivity contribution in [2.45, 2.75) is 70.9 Å². The number of carbonyl (C=O) groups excluding carboxylic acids is 3. The zero-order chi connectivity index (χ0) is 31.1. The maximum Gasteiger partial charge on any atom is 0.524 e. The van der Waals surface area contributed by atoms with Crippen molar-refractivity contribution in [1.29, 1.82) is 0 Å². The van der Waals surface area contributed by atoms with Gasteiger partial charge >= 0.3 is 13.8 Å². The number of rotatable bonds is 18. The Kier molecular flexibility index (Phi) is 14.2. The van der Waals surface area contributed by atoms with Crippen molar-refractivity contribution < 1.29 is 43.2 Å². The van der Waals surface area contributed by atoms with Crippen LogP contribution in [0.5, 0.6) is 5.75 Å². The van der Waals surface area contributed by atoms with E-state index in [2.05, 4.69) is 15.2 Å². The average molecular weight is 606 g/mol. The first kappa shape index (κ1) is 34.5. The predicted octanol–water partition coefficient (Wildman–Crippen LogP) is 2.82. The predicted molar refractivity (Wildman–Crippen MR) is 155 cm³/mol. The summed E-state index contributed by atoms with van der Waals surface area (Å²) in [5.74, 6) is -2.35. The lowest BCUT2D eigenvalue weighted by molar-refractivity contribution is -0.139. The number of carboxylic acids is 1. The number of aliphatic carboxylic acids is 1. The normalized spacial score (nSPS) is 12.6. The van der Waals surface area contributed by atoms with Crippen molar-refractivity contribution >= 4 is 31.5 Å². The number of phosphoric acid groups is 1. The summed E-state index contributed by atoms with van der Waals surface area (Å²) in [6.45, 7) is 3.77. The van der Waals surface area contributed by atoms with Gasteiger partial charge < -0.3 is 25.2 Å². The van der Waals surface area contributed by atoms with Gasteiger partial charge in [0.2, 0.25) is 17.7 Å². The Morgan fingerprint density at radius 1 is 0.905 bits per heavy atom. The Balaban J connectivity index is 2.15. The van der Waals surface area contributed by atoms with Crippen LogP contribution < -0.4 is 15.2 Å². The largest absolute Gasteiger partial charge is 0.524 e. The lowest BCUT2D eigenvalue weighted by Crippen LogP contribution is -2.55. The molecule has 42 heavy (non-hydrogen) atoms. The van der Waals surface area contributed by atoms with Crippen LogP contribution in [0.2, 0.25) is 0 Å². The van der Waals surface area contributed by atoms with Crippen LogP contribution in [0, 0.1) is 0 Å². The molecule has 0 aliphatic carbocycles. The van der Waals surface area contributed by atoms with E-state index < -0.39 is 37.7 Å². The minimum absolute atomic E-state index is 0.0496. The fourth-order valence-corrected chi connectivity index (χ4v) is 4.82. The van der Waals surface area contributed by atoms with Crippen LogP contribution >= 0.6 is 7.82 Å². The summed E-state index contributed by atoms with van der Waals surface area (Å²) in [5, 5.41) is 14.5. The highest BCUT2D eigenvalue weighted by Gasteiger charge is 2.29. The van der Waals surface area contributed by atoms with Gasteiger partial charge in [0.15, 0.2) is 0 Å². The standard InChI is InChI=1S/C29H40N3O9P/c1-3-9-25(29(37)32(19-8-13-27(34)35)18-7-12-22-10-5-4-6-11-22)31-28(36)26(30-21(2)33)20-23-14-16-24(17-15-23)41-42(38,39)40/h4-6,10-11,14-17,25-26H,3,7-9,12-13,18-20H2,1-2H3,(H,30,33)(H,31,36)(H,34,35)(H2,38,39,40)/t25?,26-/m0/s1. The number of nitrogens with zero attached hydrogens (tertiary/aromatic N) is 1. The van der Waals surface area contributed by atoms with Crippen molar-refractivity contribution in [3.8, 4) is 5.75 Å². The summed E-state index contributed by atoms with van der Waals surface area (Å²) in [6, 6.07) is 13.6. The third-order valence-electron chi connectivity index (χ3n) is 6.34. The molecular formula is C29H40N3O9P. The third-order valence-corrected chi connectivity index (χ3v) is 6.79. The molecule has 0 spiro atoms. The van der Waals surface area contributed by atoms with E-state index in [0.717, 1.165) is 12.0 Å². The number of hydrogen-bond acceptors (Lipinski definition) is 6. The second-order valence-electron chi connectivity index (χ2n) is 9.94. The average Bonchev–Trinajstić information content (AvgIpc) is 2.91. The lowest BCUT2D eigenvalue weighted by Gasteiger charge is -2.29. The topological polar surface area (TPSA) is 183 Å². The minimum Gasteiger partial charge on any atom is -0.481 e. The van der Waals surface area contributed by atoms with Crippen LogP contribution in [-0.2, 0) is 36.6 Å². The summed E-state index contributed by atoms with van der Waals surface area (Å²) >= 11 is 0. The van der Waals surface area contributed by atoms with Crippen LogP contribution in [-0.4, -0.2) is 68.7 Å². The first-order valence-electron chi connectivity index (χ1n) is 13.8. The van der Waals surface area contributed by atoms with E-state index in [1.54, 1.807) is 4.90 Å². The Morgan fingerprint density at radius 3 is 2.12 bits per heavy atom. The summed E-state index contributed by atoms with van der Waals surface area (Å²) in [6.07, 6.45) is 2.57. The van der Waals surface area contributed by atoms with Crippen molar-refractivity contribution in [3.63, 3.8) is 0 Å². The molecule has 13 heteroatoms. The van der Waals surface area contributed by atoms with Crippen LogP contribution in [0.4, 0.5) is 0 Å². The Bertz CT molecular complexity index is 1220. The molecule has 230 valence electrons. The molecule has 0 saturated heterocycles. The van der Waals surface area contributed by atoms with E-state index in [1.165, 1.54) is 31.2 Å². The zero-order valence-corrected chi connectivity index (χ0v) is 24.8. The number of phosphoric ester groups is 1. The Morgan fingerprint density at radius 2 is 1.55 bits per heavy atom. The number of nitrogens with one attached hydrogen (secondary N) is 2. The van der Waals surface area contributed by atoms with Gasteiger partial charge in [0.25, 0.3) is 0 Å².